The first-order valence-electron chi connectivity index (χ1n) is 6.97. The third-order valence-electron chi connectivity index (χ3n) is 3.72. The van der Waals surface area contributed by atoms with Gasteiger partial charge in [0, 0.05) is 10.5 Å². The number of thioether (sulfide) groups is 1. The predicted molar refractivity (Wildman–Crippen MR) is 84.4 cm³/mol. The van der Waals surface area contributed by atoms with Crippen molar-refractivity contribution in [3.8, 4) is 11.5 Å². The van der Waals surface area contributed by atoms with Crippen molar-refractivity contribution >= 4 is 17.7 Å². The molecule has 1 aliphatic rings. The molecule has 2 N–H and O–H groups in total. The van der Waals surface area contributed by atoms with Crippen molar-refractivity contribution < 1.29 is 19.7 Å². The van der Waals surface area contributed by atoms with E-state index < -0.39 is 12.1 Å². The molecule has 22 heavy (non-hydrogen) atoms. The first-order chi connectivity index (χ1) is 10.5. The molecule has 1 aliphatic heterocycles. The normalized spacial score (nSPS) is 20.4. The van der Waals surface area contributed by atoms with E-state index in [1.165, 1.54) is 17.8 Å². The van der Waals surface area contributed by atoms with Gasteiger partial charge in [-0.1, -0.05) is 18.2 Å². The van der Waals surface area contributed by atoms with Crippen molar-refractivity contribution in [3.05, 3.63) is 53.1 Å². The summed E-state index contributed by atoms with van der Waals surface area (Å²) in [6.45, 7) is 3.49. The van der Waals surface area contributed by atoms with Crippen molar-refractivity contribution in [1.82, 2.24) is 0 Å². The maximum Gasteiger partial charge on any atom is 0.342 e. The van der Waals surface area contributed by atoms with E-state index in [1.54, 1.807) is 13.8 Å². The lowest BCUT2D eigenvalue weighted by Gasteiger charge is -2.31. The molecule has 0 unspecified atom stereocenters. The quantitative estimate of drug-likeness (QED) is 0.651. The smallest absolute Gasteiger partial charge is 0.342 e. The number of aryl methyl sites for hydroxylation is 1. The zero-order valence-electron chi connectivity index (χ0n) is 12.2. The van der Waals surface area contributed by atoms with Gasteiger partial charge in [0.2, 0.25) is 0 Å². The minimum absolute atomic E-state index is 0.0460. The molecule has 1 heterocycles. The largest absolute Gasteiger partial charge is 0.507 e. The average molecular weight is 316 g/mol. The summed E-state index contributed by atoms with van der Waals surface area (Å²) in [5.74, 6) is -0.703. The number of fused-ring (bicyclic) bond motifs is 1. The minimum atomic E-state index is -0.597. The van der Waals surface area contributed by atoms with E-state index >= 15 is 0 Å². The van der Waals surface area contributed by atoms with Gasteiger partial charge in [-0.3, -0.25) is 0 Å². The van der Waals surface area contributed by atoms with E-state index in [0.29, 0.717) is 11.1 Å². The maximum absolute atomic E-state index is 12.1. The van der Waals surface area contributed by atoms with Crippen LogP contribution in [0.4, 0.5) is 0 Å². The molecule has 0 fully saturated rings. The van der Waals surface area contributed by atoms with Gasteiger partial charge in [-0.25, -0.2) is 4.79 Å². The second-order valence-electron chi connectivity index (χ2n) is 5.31. The number of rotatable bonds is 2. The number of phenolic OH excluding ortho intramolecular Hbond substituents is 2. The van der Waals surface area contributed by atoms with Crippen LogP contribution < -0.4 is 0 Å². The third kappa shape index (κ3) is 2.41. The van der Waals surface area contributed by atoms with Gasteiger partial charge in [0.25, 0.3) is 0 Å². The first kappa shape index (κ1) is 14.8. The lowest BCUT2D eigenvalue weighted by Crippen LogP contribution is -2.28. The molecule has 0 saturated heterocycles. The fourth-order valence-electron chi connectivity index (χ4n) is 2.63. The fraction of sp³-hybridized carbons (Fsp3) is 0.235. The summed E-state index contributed by atoms with van der Waals surface area (Å²) in [5, 5.41) is 20.2. The van der Waals surface area contributed by atoms with Gasteiger partial charge in [0.1, 0.15) is 23.2 Å². The molecule has 0 spiro atoms. The number of esters is 1. The lowest BCUT2D eigenvalue weighted by molar-refractivity contribution is 0.0286. The minimum Gasteiger partial charge on any atom is -0.507 e. The molecule has 2 aromatic carbocycles. The van der Waals surface area contributed by atoms with E-state index in [-0.39, 0.29) is 22.3 Å². The Morgan fingerprint density at radius 1 is 1.18 bits per heavy atom. The molecule has 0 amide bonds. The fourth-order valence-corrected chi connectivity index (χ4v) is 3.83. The standard InChI is InChI=1S/C17H16O4S/c1-9-8-12(18)13-14(15(9)19)16(10(2)21-17(13)20)22-11-6-4-3-5-7-11/h3-8,10,16,18-19H,1-2H3/t10-,16+/m0/s1. The van der Waals surface area contributed by atoms with E-state index in [9.17, 15) is 15.0 Å². The van der Waals surface area contributed by atoms with Crippen LogP contribution in [0, 0.1) is 6.92 Å². The molecule has 2 atom stereocenters. The van der Waals surface area contributed by atoms with Crippen LogP contribution in [0.15, 0.2) is 41.3 Å². The highest BCUT2D eigenvalue weighted by atomic mass is 32.2. The Kier molecular flexibility index (Phi) is 3.74. The Morgan fingerprint density at radius 2 is 1.86 bits per heavy atom. The van der Waals surface area contributed by atoms with Crippen molar-refractivity contribution in [3.63, 3.8) is 0 Å². The molecule has 0 saturated carbocycles. The zero-order valence-corrected chi connectivity index (χ0v) is 13.1. The van der Waals surface area contributed by atoms with Gasteiger partial charge in [-0.15, -0.1) is 11.8 Å². The van der Waals surface area contributed by atoms with Crippen molar-refractivity contribution in [2.24, 2.45) is 0 Å². The monoisotopic (exact) mass is 316 g/mol. The zero-order chi connectivity index (χ0) is 15.9. The summed E-state index contributed by atoms with van der Waals surface area (Å²) >= 11 is 1.50. The molecule has 0 radical (unpaired) electrons. The highest BCUT2D eigenvalue weighted by molar-refractivity contribution is 7.99. The van der Waals surface area contributed by atoms with E-state index in [4.69, 9.17) is 4.74 Å². The Balaban J connectivity index is 2.13. The van der Waals surface area contributed by atoms with Gasteiger partial charge >= 0.3 is 5.97 Å². The predicted octanol–water partition coefficient (Wildman–Crippen LogP) is 3.80. The molecule has 0 bridgehead atoms. The highest BCUT2D eigenvalue weighted by Gasteiger charge is 2.38. The van der Waals surface area contributed by atoms with Crippen LogP contribution in [0.3, 0.4) is 0 Å². The Hall–Kier alpha value is -2.14. The number of ether oxygens (including phenoxy) is 1. The van der Waals surface area contributed by atoms with Crippen LogP contribution >= 0.6 is 11.8 Å². The van der Waals surface area contributed by atoms with Crippen LogP contribution in [0.2, 0.25) is 0 Å². The Labute approximate surface area is 132 Å². The molecule has 4 nitrogen and oxygen atoms in total. The molecular formula is C17H16O4S. The number of hydrogen-bond acceptors (Lipinski definition) is 5. The van der Waals surface area contributed by atoms with E-state index in [0.717, 1.165) is 4.90 Å². The van der Waals surface area contributed by atoms with Crippen LogP contribution in [-0.4, -0.2) is 22.3 Å². The second kappa shape index (κ2) is 5.57. The molecule has 0 aliphatic carbocycles. The maximum atomic E-state index is 12.1. The van der Waals surface area contributed by atoms with Gasteiger partial charge < -0.3 is 14.9 Å². The Morgan fingerprint density at radius 3 is 2.55 bits per heavy atom. The number of carbonyl (C=O) groups is 1. The molecular weight excluding hydrogens is 300 g/mol. The van der Waals surface area contributed by atoms with E-state index in [1.807, 2.05) is 30.3 Å². The Bertz CT molecular complexity index is 727. The van der Waals surface area contributed by atoms with E-state index in [2.05, 4.69) is 0 Å². The number of cyclic esters (lactones) is 1. The number of hydrogen-bond donors (Lipinski definition) is 2. The second-order valence-corrected chi connectivity index (χ2v) is 6.53. The summed E-state index contributed by atoms with van der Waals surface area (Å²) < 4.78 is 5.34. The summed E-state index contributed by atoms with van der Waals surface area (Å²) in [5.41, 5.74) is 1.06. The van der Waals surface area contributed by atoms with Crippen LogP contribution in [0.1, 0.15) is 33.7 Å². The van der Waals surface area contributed by atoms with Crippen LogP contribution in [0.25, 0.3) is 0 Å². The molecule has 5 heteroatoms. The summed E-state index contributed by atoms with van der Waals surface area (Å²) in [6.07, 6.45) is -0.405. The lowest BCUT2D eigenvalue weighted by atomic mass is 9.94. The molecule has 3 rings (SSSR count). The van der Waals surface area contributed by atoms with Gasteiger partial charge in [-0.2, -0.15) is 0 Å². The van der Waals surface area contributed by atoms with Gasteiger partial charge in [0.15, 0.2) is 0 Å². The summed E-state index contributed by atoms with van der Waals surface area (Å²) in [4.78, 5) is 13.1. The van der Waals surface area contributed by atoms with Crippen molar-refractivity contribution in [2.75, 3.05) is 0 Å². The summed E-state index contributed by atoms with van der Waals surface area (Å²) in [7, 11) is 0. The van der Waals surface area contributed by atoms with Crippen LogP contribution in [-0.2, 0) is 4.74 Å². The van der Waals surface area contributed by atoms with Crippen LogP contribution in [0.5, 0.6) is 11.5 Å². The topological polar surface area (TPSA) is 66.8 Å². The summed E-state index contributed by atoms with van der Waals surface area (Å²) in [6, 6.07) is 11.1. The van der Waals surface area contributed by atoms with Gasteiger partial charge in [-0.05, 0) is 37.6 Å². The highest BCUT2D eigenvalue weighted by Crippen LogP contribution is 2.49. The number of aromatic hydroxyl groups is 2. The number of phenols is 2. The number of benzene rings is 2. The average Bonchev–Trinajstić information content (AvgIpc) is 2.48. The molecule has 2 aromatic rings. The van der Waals surface area contributed by atoms with Crippen molar-refractivity contribution in [2.45, 2.75) is 30.1 Å². The first-order valence-corrected chi connectivity index (χ1v) is 7.85. The SMILES string of the molecule is Cc1cc(O)c2c(c1O)[C@H](Sc1ccccc1)[C@H](C)OC2=O. The molecule has 0 aromatic heterocycles. The molecule has 114 valence electrons. The third-order valence-corrected chi connectivity index (χ3v) is 5.14. The van der Waals surface area contributed by atoms with Gasteiger partial charge in [0.05, 0.1) is 5.25 Å². The number of carbonyl (C=O) groups excluding carboxylic acids is 1. The van der Waals surface area contributed by atoms with Crippen molar-refractivity contribution in [1.29, 1.82) is 0 Å².